The fourth-order valence-corrected chi connectivity index (χ4v) is 2.44. The van der Waals surface area contributed by atoms with Crippen molar-refractivity contribution in [3.8, 4) is 0 Å². The number of piperazine rings is 1. The van der Waals surface area contributed by atoms with Crippen molar-refractivity contribution in [1.29, 1.82) is 0 Å². The summed E-state index contributed by atoms with van der Waals surface area (Å²) in [6.07, 6.45) is 0. The zero-order chi connectivity index (χ0) is 11.6. The summed E-state index contributed by atoms with van der Waals surface area (Å²) in [6.45, 7) is 1.86. The second kappa shape index (κ2) is 4.40. The van der Waals surface area contributed by atoms with Gasteiger partial charge in [-0.1, -0.05) is 18.2 Å². The molecule has 0 unspecified atom stereocenters. The highest BCUT2D eigenvalue weighted by Gasteiger charge is 2.24. The lowest BCUT2D eigenvalue weighted by atomic mass is 10.2. The molecule has 1 aromatic rings. The molecular formula is C10H14N2O3S. The average Bonchev–Trinajstić information content (AvgIpc) is 2.29. The standard InChI is InChI=1S/C10H14N2O3S/c13-16(14,15)12-8-6-11(7-9-12)10-4-2-1-3-5-10/h1-5H,6-9H2,(H,13,14,15). The highest BCUT2D eigenvalue weighted by Crippen LogP contribution is 2.16. The molecule has 0 atom stereocenters. The predicted molar refractivity (Wildman–Crippen MR) is 61.8 cm³/mol. The molecule has 6 heteroatoms. The second-order valence-electron chi connectivity index (χ2n) is 3.70. The summed E-state index contributed by atoms with van der Waals surface area (Å²) < 4.78 is 31.8. The third-order valence-electron chi connectivity index (χ3n) is 2.69. The van der Waals surface area contributed by atoms with Crippen LogP contribution >= 0.6 is 0 Å². The molecule has 0 amide bonds. The second-order valence-corrected chi connectivity index (χ2v) is 5.11. The number of para-hydroxylation sites is 1. The Labute approximate surface area is 95.2 Å². The lowest BCUT2D eigenvalue weighted by Crippen LogP contribution is -2.48. The van der Waals surface area contributed by atoms with Crippen molar-refractivity contribution in [2.45, 2.75) is 0 Å². The van der Waals surface area contributed by atoms with E-state index in [2.05, 4.69) is 4.90 Å². The third kappa shape index (κ3) is 2.52. The number of anilines is 1. The predicted octanol–water partition coefficient (Wildman–Crippen LogP) is 0.611. The van der Waals surface area contributed by atoms with Gasteiger partial charge in [-0.3, -0.25) is 4.55 Å². The van der Waals surface area contributed by atoms with Gasteiger partial charge in [0.05, 0.1) is 0 Å². The minimum absolute atomic E-state index is 0.327. The van der Waals surface area contributed by atoms with E-state index in [0.29, 0.717) is 26.2 Å². The first kappa shape index (κ1) is 11.4. The van der Waals surface area contributed by atoms with E-state index < -0.39 is 10.3 Å². The first-order chi connectivity index (χ1) is 7.57. The number of rotatable bonds is 2. The van der Waals surface area contributed by atoms with Crippen LogP contribution in [0.5, 0.6) is 0 Å². The van der Waals surface area contributed by atoms with Gasteiger partial charge in [0.1, 0.15) is 0 Å². The maximum Gasteiger partial charge on any atom is 0.336 e. The van der Waals surface area contributed by atoms with Gasteiger partial charge in [0, 0.05) is 31.9 Å². The molecule has 1 N–H and O–H groups in total. The van der Waals surface area contributed by atoms with Gasteiger partial charge < -0.3 is 4.90 Å². The molecule has 0 aromatic heterocycles. The van der Waals surface area contributed by atoms with Gasteiger partial charge in [-0.25, -0.2) is 0 Å². The van der Waals surface area contributed by atoms with Crippen molar-refractivity contribution in [2.24, 2.45) is 0 Å². The largest absolute Gasteiger partial charge is 0.369 e. The smallest absolute Gasteiger partial charge is 0.336 e. The molecular weight excluding hydrogens is 228 g/mol. The average molecular weight is 242 g/mol. The summed E-state index contributed by atoms with van der Waals surface area (Å²) in [5, 5.41) is 0. The quantitative estimate of drug-likeness (QED) is 0.772. The molecule has 1 aliphatic rings. The van der Waals surface area contributed by atoms with Crippen LogP contribution in [0.25, 0.3) is 0 Å². The Balaban J connectivity index is 2.01. The molecule has 0 radical (unpaired) electrons. The molecule has 16 heavy (non-hydrogen) atoms. The van der Waals surface area contributed by atoms with E-state index in [1.165, 1.54) is 0 Å². The van der Waals surface area contributed by atoms with Crippen LogP contribution in [0.1, 0.15) is 0 Å². The molecule has 2 rings (SSSR count). The fraction of sp³-hybridized carbons (Fsp3) is 0.400. The minimum atomic E-state index is -4.02. The van der Waals surface area contributed by atoms with Crippen LogP contribution in [-0.4, -0.2) is 43.5 Å². The van der Waals surface area contributed by atoms with Gasteiger partial charge in [0.25, 0.3) is 0 Å². The molecule has 1 fully saturated rings. The Kier molecular flexibility index (Phi) is 3.13. The van der Waals surface area contributed by atoms with Crippen LogP contribution in [-0.2, 0) is 10.3 Å². The summed E-state index contributed by atoms with van der Waals surface area (Å²) in [6, 6.07) is 9.82. The Bertz CT molecular complexity index is 438. The Morgan fingerprint density at radius 1 is 1.00 bits per heavy atom. The van der Waals surface area contributed by atoms with E-state index in [-0.39, 0.29) is 0 Å². The highest BCUT2D eigenvalue weighted by atomic mass is 32.2. The molecule has 1 heterocycles. The summed E-state index contributed by atoms with van der Waals surface area (Å²) in [4.78, 5) is 2.10. The Morgan fingerprint density at radius 2 is 1.56 bits per heavy atom. The van der Waals surface area contributed by atoms with Gasteiger partial charge >= 0.3 is 10.3 Å². The molecule has 0 saturated carbocycles. The molecule has 88 valence electrons. The van der Waals surface area contributed by atoms with Crippen LogP contribution in [0, 0.1) is 0 Å². The molecule has 1 saturated heterocycles. The van der Waals surface area contributed by atoms with Gasteiger partial charge in [0.15, 0.2) is 0 Å². The van der Waals surface area contributed by atoms with Crippen LogP contribution in [0.3, 0.4) is 0 Å². The third-order valence-corrected chi connectivity index (χ3v) is 3.70. The highest BCUT2D eigenvalue weighted by molar-refractivity contribution is 7.83. The van der Waals surface area contributed by atoms with Crippen LogP contribution in [0.2, 0.25) is 0 Å². The van der Waals surface area contributed by atoms with Gasteiger partial charge in [0.2, 0.25) is 0 Å². The normalized spacial score (nSPS) is 18.7. The first-order valence-electron chi connectivity index (χ1n) is 5.10. The monoisotopic (exact) mass is 242 g/mol. The van der Waals surface area contributed by atoms with Gasteiger partial charge in [-0.05, 0) is 12.1 Å². The van der Waals surface area contributed by atoms with Crippen molar-refractivity contribution in [3.63, 3.8) is 0 Å². The first-order valence-corrected chi connectivity index (χ1v) is 6.49. The van der Waals surface area contributed by atoms with E-state index in [4.69, 9.17) is 4.55 Å². The van der Waals surface area contributed by atoms with E-state index >= 15 is 0 Å². The molecule has 1 aromatic carbocycles. The van der Waals surface area contributed by atoms with Crippen molar-refractivity contribution >= 4 is 16.0 Å². The topological polar surface area (TPSA) is 60.9 Å². The summed E-state index contributed by atoms with van der Waals surface area (Å²) in [5.74, 6) is 0. The van der Waals surface area contributed by atoms with Crippen molar-refractivity contribution < 1.29 is 13.0 Å². The lowest BCUT2D eigenvalue weighted by molar-refractivity contribution is 0.335. The molecule has 0 aliphatic carbocycles. The fourth-order valence-electron chi connectivity index (χ4n) is 1.82. The van der Waals surface area contributed by atoms with Gasteiger partial charge in [-0.2, -0.15) is 12.7 Å². The lowest BCUT2D eigenvalue weighted by Gasteiger charge is -2.33. The van der Waals surface area contributed by atoms with E-state index in [1.807, 2.05) is 30.3 Å². The van der Waals surface area contributed by atoms with Crippen LogP contribution in [0.4, 0.5) is 5.69 Å². The summed E-state index contributed by atoms with van der Waals surface area (Å²) in [7, 11) is -4.02. The minimum Gasteiger partial charge on any atom is -0.369 e. The van der Waals surface area contributed by atoms with Crippen molar-refractivity contribution in [3.05, 3.63) is 30.3 Å². The van der Waals surface area contributed by atoms with Crippen LogP contribution in [0.15, 0.2) is 30.3 Å². The van der Waals surface area contributed by atoms with Crippen molar-refractivity contribution in [1.82, 2.24) is 4.31 Å². The summed E-state index contributed by atoms with van der Waals surface area (Å²) in [5.41, 5.74) is 1.08. The summed E-state index contributed by atoms with van der Waals surface area (Å²) >= 11 is 0. The molecule has 0 spiro atoms. The molecule has 5 nitrogen and oxygen atoms in total. The number of nitrogens with zero attached hydrogens (tertiary/aromatic N) is 2. The van der Waals surface area contributed by atoms with E-state index in [1.54, 1.807) is 0 Å². The zero-order valence-electron chi connectivity index (χ0n) is 8.78. The maximum absolute atomic E-state index is 10.9. The number of hydrogen-bond donors (Lipinski definition) is 1. The van der Waals surface area contributed by atoms with Gasteiger partial charge in [-0.15, -0.1) is 0 Å². The Hall–Kier alpha value is -1.11. The SMILES string of the molecule is O=S(=O)(O)N1CCN(c2ccccc2)CC1. The maximum atomic E-state index is 10.9. The van der Waals surface area contributed by atoms with Crippen LogP contribution < -0.4 is 4.90 Å². The van der Waals surface area contributed by atoms with E-state index in [0.717, 1.165) is 9.99 Å². The van der Waals surface area contributed by atoms with Crippen molar-refractivity contribution in [2.75, 3.05) is 31.1 Å². The Morgan fingerprint density at radius 3 is 2.06 bits per heavy atom. The number of benzene rings is 1. The molecule has 0 bridgehead atoms. The molecule has 1 aliphatic heterocycles. The number of hydrogen-bond acceptors (Lipinski definition) is 3. The van der Waals surface area contributed by atoms with E-state index in [9.17, 15) is 8.42 Å². The zero-order valence-corrected chi connectivity index (χ0v) is 9.60.